The van der Waals surface area contributed by atoms with Gasteiger partial charge in [-0.05, 0) is 42.8 Å². The number of hydrogen-bond acceptors (Lipinski definition) is 5. The van der Waals surface area contributed by atoms with Gasteiger partial charge in [0.05, 0.1) is 18.7 Å². The Balaban J connectivity index is 1.74. The number of carbonyl (C=O) groups is 1. The molecule has 0 radical (unpaired) electrons. The molecule has 0 aliphatic carbocycles. The van der Waals surface area contributed by atoms with Crippen LogP contribution in [0, 0.1) is 0 Å². The van der Waals surface area contributed by atoms with Gasteiger partial charge in [-0.25, -0.2) is 9.78 Å². The molecule has 3 rings (SSSR count). The summed E-state index contributed by atoms with van der Waals surface area (Å²) < 4.78 is 51.1. The van der Waals surface area contributed by atoms with Crippen molar-refractivity contribution in [3.8, 4) is 11.5 Å². The summed E-state index contributed by atoms with van der Waals surface area (Å²) in [7, 11) is 0. The number of rotatable bonds is 7. The highest BCUT2D eigenvalue weighted by atomic mass is 35.5. The van der Waals surface area contributed by atoms with Crippen LogP contribution in [0.4, 0.5) is 13.2 Å². The van der Waals surface area contributed by atoms with E-state index < -0.39 is 12.3 Å². The fraction of sp³-hybridized carbons (Fsp3) is 0.263. The topological polar surface area (TPSA) is 73.4 Å². The Labute approximate surface area is 168 Å². The molecule has 2 aromatic heterocycles. The molecule has 3 aromatic rings. The molecule has 29 heavy (non-hydrogen) atoms. The lowest BCUT2D eigenvalue weighted by Gasteiger charge is -2.10. The van der Waals surface area contributed by atoms with Crippen LogP contribution in [0.5, 0.6) is 11.5 Å². The normalized spacial score (nSPS) is 11.5. The van der Waals surface area contributed by atoms with Gasteiger partial charge >= 0.3 is 12.3 Å². The SMILES string of the molecule is CCOC(=O)c1[nH]c2c(Cl)nccc2c1CCOc1ccc(OC(F)(F)F)cc1. The summed E-state index contributed by atoms with van der Waals surface area (Å²) in [6, 6.07) is 6.76. The highest BCUT2D eigenvalue weighted by molar-refractivity contribution is 6.34. The maximum atomic E-state index is 12.3. The number of benzene rings is 1. The number of halogens is 4. The van der Waals surface area contributed by atoms with E-state index in [1.807, 2.05) is 0 Å². The van der Waals surface area contributed by atoms with Crippen molar-refractivity contribution in [1.29, 1.82) is 0 Å². The van der Waals surface area contributed by atoms with Crippen molar-refractivity contribution in [3.63, 3.8) is 0 Å². The fourth-order valence-corrected chi connectivity index (χ4v) is 2.99. The molecule has 0 aliphatic heterocycles. The molecule has 1 N–H and O–H groups in total. The van der Waals surface area contributed by atoms with E-state index in [9.17, 15) is 18.0 Å². The van der Waals surface area contributed by atoms with Gasteiger partial charge in [-0.3, -0.25) is 0 Å². The number of hydrogen-bond donors (Lipinski definition) is 1. The van der Waals surface area contributed by atoms with Gasteiger partial charge in [0.1, 0.15) is 17.2 Å². The van der Waals surface area contributed by atoms with Gasteiger partial charge in [0, 0.05) is 18.0 Å². The minimum Gasteiger partial charge on any atom is -0.493 e. The first-order valence-electron chi connectivity index (χ1n) is 8.59. The van der Waals surface area contributed by atoms with Crippen molar-refractivity contribution in [1.82, 2.24) is 9.97 Å². The van der Waals surface area contributed by atoms with Gasteiger partial charge in [-0.15, -0.1) is 13.2 Å². The molecule has 0 atom stereocenters. The molecule has 0 saturated carbocycles. The minimum absolute atomic E-state index is 0.165. The van der Waals surface area contributed by atoms with E-state index >= 15 is 0 Å². The number of alkyl halides is 3. The van der Waals surface area contributed by atoms with Crippen LogP contribution in [0.25, 0.3) is 10.9 Å². The molecule has 0 amide bonds. The third kappa shape index (κ3) is 5.11. The summed E-state index contributed by atoms with van der Waals surface area (Å²) >= 11 is 6.10. The molecule has 0 bridgehead atoms. The number of aromatic amines is 1. The van der Waals surface area contributed by atoms with E-state index in [0.717, 1.165) is 12.1 Å². The van der Waals surface area contributed by atoms with E-state index in [4.69, 9.17) is 21.1 Å². The van der Waals surface area contributed by atoms with Crippen LogP contribution in [0.15, 0.2) is 36.5 Å². The van der Waals surface area contributed by atoms with E-state index in [-0.39, 0.29) is 29.8 Å². The summed E-state index contributed by atoms with van der Waals surface area (Å²) in [6.07, 6.45) is -2.90. The molecule has 1 aromatic carbocycles. The predicted octanol–water partition coefficient (Wildman–Crippen LogP) is 4.91. The predicted molar refractivity (Wildman–Crippen MR) is 99.4 cm³/mol. The average molecular weight is 429 g/mol. The Morgan fingerprint density at radius 1 is 1.17 bits per heavy atom. The van der Waals surface area contributed by atoms with Gasteiger partial charge in [0.15, 0.2) is 5.15 Å². The molecular formula is C19H16ClF3N2O4. The number of ether oxygens (including phenoxy) is 3. The number of fused-ring (bicyclic) bond motifs is 1. The smallest absolute Gasteiger partial charge is 0.493 e. The number of nitrogens with one attached hydrogen (secondary N) is 1. The molecule has 10 heteroatoms. The van der Waals surface area contributed by atoms with E-state index in [0.29, 0.717) is 28.6 Å². The summed E-state index contributed by atoms with van der Waals surface area (Å²) in [4.78, 5) is 19.2. The number of carbonyl (C=O) groups excluding carboxylic acids is 1. The average Bonchev–Trinajstić information content (AvgIpc) is 3.02. The number of aromatic nitrogens is 2. The second-order valence-corrected chi connectivity index (χ2v) is 6.20. The highest BCUT2D eigenvalue weighted by Crippen LogP contribution is 2.28. The summed E-state index contributed by atoms with van der Waals surface area (Å²) in [5.41, 5.74) is 1.43. The maximum absolute atomic E-state index is 12.3. The molecule has 6 nitrogen and oxygen atoms in total. The summed E-state index contributed by atoms with van der Waals surface area (Å²) in [5.74, 6) is -0.506. The van der Waals surface area contributed by atoms with Crippen LogP contribution in [0.3, 0.4) is 0 Å². The Morgan fingerprint density at radius 2 is 1.86 bits per heavy atom. The molecule has 0 saturated heterocycles. The van der Waals surface area contributed by atoms with Gasteiger partial charge in [-0.1, -0.05) is 11.6 Å². The van der Waals surface area contributed by atoms with Crippen molar-refractivity contribution < 1.29 is 32.2 Å². The van der Waals surface area contributed by atoms with Crippen molar-refractivity contribution >= 4 is 28.5 Å². The number of H-pyrrole nitrogens is 1. The van der Waals surface area contributed by atoms with Crippen LogP contribution in [-0.2, 0) is 11.2 Å². The number of esters is 1. The van der Waals surface area contributed by atoms with Crippen molar-refractivity contribution in [2.75, 3.05) is 13.2 Å². The third-order valence-electron chi connectivity index (χ3n) is 3.94. The Kier molecular flexibility index (Phi) is 6.17. The maximum Gasteiger partial charge on any atom is 0.573 e. The van der Waals surface area contributed by atoms with Crippen molar-refractivity contribution in [3.05, 3.63) is 52.9 Å². The zero-order valence-electron chi connectivity index (χ0n) is 15.2. The monoisotopic (exact) mass is 428 g/mol. The zero-order valence-corrected chi connectivity index (χ0v) is 15.9. The van der Waals surface area contributed by atoms with E-state index in [1.165, 1.54) is 18.3 Å². The van der Waals surface area contributed by atoms with E-state index in [1.54, 1.807) is 13.0 Å². The molecule has 0 fully saturated rings. The summed E-state index contributed by atoms with van der Waals surface area (Å²) in [5, 5.41) is 0.936. The molecular weight excluding hydrogens is 413 g/mol. The van der Waals surface area contributed by atoms with Crippen LogP contribution in [0.1, 0.15) is 23.0 Å². The lowest BCUT2D eigenvalue weighted by Crippen LogP contribution is -2.17. The molecule has 0 aliphatic rings. The van der Waals surface area contributed by atoms with Crippen molar-refractivity contribution in [2.45, 2.75) is 19.7 Å². The Morgan fingerprint density at radius 3 is 2.52 bits per heavy atom. The number of nitrogens with zero attached hydrogens (tertiary/aromatic N) is 1. The van der Waals surface area contributed by atoms with Crippen molar-refractivity contribution in [2.24, 2.45) is 0 Å². The first kappa shape index (κ1) is 20.8. The van der Waals surface area contributed by atoms with Gasteiger partial charge in [-0.2, -0.15) is 0 Å². The standard InChI is InChI=1S/C19H16ClF3N2O4/c1-2-27-18(26)16-14(13-7-9-24-17(20)15(13)25-16)8-10-28-11-3-5-12(6-4-11)29-19(21,22)23/h3-7,9,25H,2,8,10H2,1H3. The molecule has 0 spiro atoms. The van der Waals surface area contributed by atoms with E-state index in [2.05, 4.69) is 14.7 Å². The quantitative estimate of drug-likeness (QED) is 0.427. The zero-order chi connectivity index (χ0) is 21.0. The van der Waals surface area contributed by atoms with Crippen LogP contribution in [0.2, 0.25) is 5.15 Å². The Bertz CT molecular complexity index is 1000. The highest BCUT2D eigenvalue weighted by Gasteiger charge is 2.31. The summed E-state index contributed by atoms with van der Waals surface area (Å²) in [6.45, 7) is 2.07. The minimum atomic E-state index is -4.75. The first-order valence-corrected chi connectivity index (χ1v) is 8.97. The second kappa shape index (κ2) is 8.60. The lowest BCUT2D eigenvalue weighted by molar-refractivity contribution is -0.274. The fourth-order valence-electron chi connectivity index (χ4n) is 2.79. The van der Waals surface area contributed by atoms with Gasteiger partial charge in [0.25, 0.3) is 0 Å². The van der Waals surface area contributed by atoms with Crippen LogP contribution < -0.4 is 9.47 Å². The van der Waals surface area contributed by atoms with Gasteiger partial charge in [0.2, 0.25) is 0 Å². The molecule has 0 unspecified atom stereocenters. The van der Waals surface area contributed by atoms with Crippen LogP contribution >= 0.6 is 11.6 Å². The second-order valence-electron chi connectivity index (χ2n) is 5.84. The first-order chi connectivity index (χ1) is 13.8. The van der Waals surface area contributed by atoms with Crippen LogP contribution in [-0.4, -0.2) is 35.5 Å². The number of pyridine rings is 1. The lowest BCUT2D eigenvalue weighted by atomic mass is 10.1. The molecule has 2 heterocycles. The molecule has 154 valence electrons. The Hall–Kier alpha value is -2.94. The van der Waals surface area contributed by atoms with Gasteiger partial charge < -0.3 is 19.2 Å². The largest absolute Gasteiger partial charge is 0.573 e. The third-order valence-corrected chi connectivity index (χ3v) is 4.23.